The summed E-state index contributed by atoms with van der Waals surface area (Å²) in [5, 5.41) is 0. The Balaban J connectivity index is 0.00000200. The third kappa shape index (κ3) is 4.41. The average molecular weight is 297 g/mol. The molecule has 0 bridgehead atoms. The van der Waals surface area contributed by atoms with Crippen molar-refractivity contribution < 1.29 is 18.6 Å². The molecule has 1 radical (unpaired) electrons. The van der Waals surface area contributed by atoms with Gasteiger partial charge in [0.2, 0.25) is 0 Å². The fourth-order valence-corrected chi connectivity index (χ4v) is 2.06. The standard InChI is InChI=1S/C19H18.V/c1-3-8-18(4-2)19-13-11-17(12-14-19)15-16-9-6-5-7-10-16;/h3-14H,1-2,15H2;/b18-8+;. The first kappa shape index (κ1) is 16.3. The second kappa shape index (κ2) is 8.42. The van der Waals surface area contributed by atoms with Crippen molar-refractivity contribution in [3.05, 3.63) is 103 Å². The van der Waals surface area contributed by atoms with E-state index >= 15 is 0 Å². The summed E-state index contributed by atoms with van der Waals surface area (Å²) >= 11 is 0. The van der Waals surface area contributed by atoms with Crippen LogP contribution >= 0.6 is 0 Å². The van der Waals surface area contributed by atoms with Gasteiger partial charge in [-0.25, -0.2) is 0 Å². The molecule has 0 unspecified atom stereocenters. The minimum absolute atomic E-state index is 0. The number of hydrogen-bond acceptors (Lipinski definition) is 0. The van der Waals surface area contributed by atoms with E-state index < -0.39 is 0 Å². The van der Waals surface area contributed by atoms with Crippen LogP contribution in [-0.4, -0.2) is 0 Å². The molecular formula is C19H18V. The molecule has 0 N–H and O–H groups in total. The fourth-order valence-electron chi connectivity index (χ4n) is 2.06. The van der Waals surface area contributed by atoms with Crippen LogP contribution in [0.1, 0.15) is 16.7 Å². The van der Waals surface area contributed by atoms with Crippen molar-refractivity contribution in [1.82, 2.24) is 0 Å². The summed E-state index contributed by atoms with van der Waals surface area (Å²) < 4.78 is 0. The van der Waals surface area contributed by atoms with Crippen LogP contribution in [0, 0.1) is 0 Å². The number of hydrogen-bond donors (Lipinski definition) is 0. The van der Waals surface area contributed by atoms with Gasteiger partial charge in [-0.1, -0.05) is 86.0 Å². The maximum atomic E-state index is 3.83. The summed E-state index contributed by atoms with van der Waals surface area (Å²) in [5.41, 5.74) is 4.92. The SMILES string of the molecule is C=C/C=C(\C=C)c1ccc(Cc2ccccc2)cc1.[V]. The molecule has 0 aliphatic rings. The Morgan fingerprint density at radius 2 is 1.45 bits per heavy atom. The van der Waals surface area contributed by atoms with E-state index in [1.807, 2.05) is 18.2 Å². The van der Waals surface area contributed by atoms with Gasteiger partial charge in [-0.05, 0) is 28.7 Å². The van der Waals surface area contributed by atoms with E-state index in [4.69, 9.17) is 0 Å². The first-order valence-corrected chi connectivity index (χ1v) is 6.42. The van der Waals surface area contributed by atoms with Gasteiger partial charge in [0.05, 0.1) is 0 Å². The molecule has 0 atom stereocenters. The topological polar surface area (TPSA) is 0 Å². The Morgan fingerprint density at radius 1 is 0.850 bits per heavy atom. The molecule has 0 amide bonds. The summed E-state index contributed by atoms with van der Waals surface area (Å²) in [7, 11) is 0. The molecule has 0 aliphatic heterocycles. The normalized spacial score (nSPS) is 10.5. The van der Waals surface area contributed by atoms with Crippen molar-refractivity contribution in [2.45, 2.75) is 6.42 Å². The van der Waals surface area contributed by atoms with Gasteiger partial charge in [0.1, 0.15) is 0 Å². The molecule has 2 rings (SSSR count). The number of benzene rings is 2. The third-order valence-electron chi connectivity index (χ3n) is 3.06. The van der Waals surface area contributed by atoms with Gasteiger partial charge in [-0.2, -0.15) is 0 Å². The van der Waals surface area contributed by atoms with Crippen LogP contribution in [0.3, 0.4) is 0 Å². The van der Waals surface area contributed by atoms with Crippen LogP contribution in [0.15, 0.2) is 86.0 Å². The summed E-state index contributed by atoms with van der Waals surface area (Å²) in [6, 6.07) is 19.1. The molecule has 1 heteroatoms. The molecule has 20 heavy (non-hydrogen) atoms. The van der Waals surface area contributed by atoms with E-state index in [-0.39, 0.29) is 18.6 Å². The number of rotatable bonds is 5. The van der Waals surface area contributed by atoms with E-state index in [2.05, 4.69) is 61.7 Å². The zero-order valence-corrected chi connectivity index (χ0v) is 12.9. The Labute approximate surface area is 133 Å². The van der Waals surface area contributed by atoms with Crippen LogP contribution in [0.25, 0.3) is 5.57 Å². The fraction of sp³-hybridized carbons (Fsp3) is 0.0526. The van der Waals surface area contributed by atoms with Crippen LogP contribution in [0.4, 0.5) is 0 Å². The van der Waals surface area contributed by atoms with E-state index in [9.17, 15) is 0 Å². The van der Waals surface area contributed by atoms with Gasteiger partial charge in [-0.3, -0.25) is 0 Å². The Hall–Kier alpha value is -1.76. The molecule has 0 saturated heterocycles. The Bertz CT molecular complexity index is 577. The molecule has 0 aliphatic carbocycles. The van der Waals surface area contributed by atoms with Gasteiger partial charge in [0.15, 0.2) is 0 Å². The van der Waals surface area contributed by atoms with Crippen molar-refractivity contribution in [3.8, 4) is 0 Å². The number of allylic oxidation sites excluding steroid dienone is 4. The molecule has 0 fully saturated rings. The summed E-state index contributed by atoms with van der Waals surface area (Å²) in [5.74, 6) is 0. The Morgan fingerprint density at radius 3 is 2.00 bits per heavy atom. The monoisotopic (exact) mass is 297 g/mol. The van der Waals surface area contributed by atoms with E-state index in [1.165, 1.54) is 16.7 Å². The average Bonchev–Trinajstić information content (AvgIpc) is 2.47. The zero-order chi connectivity index (χ0) is 13.5. The van der Waals surface area contributed by atoms with Crippen molar-refractivity contribution >= 4 is 5.57 Å². The quantitative estimate of drug-likeness (QED) is 0.679. The van der Waals surface area contributed by atoms with Gasteiger partial charge in [-0.15, -0.1) is 0 Å². The molecule has 0 aromatic heterocycles. The van der Waals surface area contributed by atoms with Crippen molar-refractivity contribution in [3.63, 3.8) is 0 Å². The molecule has 99 valence electrons. The van der Waals surface area contributed by atoms with E-state index in [1.54, 1.807) is 6.08 Å². The molecule has 0 spiro atoms. The van der Waals surface area contributed by atoms with E-state index in [0.717, 1.165) is 12.0 Å². The largest absolute Gasteiger partial charge is 0.0990 e. The molecular weight excluding hydrogens is 279 g/mol. The molecule has 2 aromatic rings. The molecule has 0 saturated carbocycles. The molecule has 0 heterocycles. The van der Waals surface area contributed by atoms with Crippen LogP contribution in [0.2, 0.25) is 0 Å². The van der Waals surface area contributed by atoms with Crippen molar-refractivity contribution in [2.24, 2.45) is 0 Å². The van der Waals surface area contributed by atoms with Crippen LogP contribution in [-0.2, 0) is 25.0 Å². The predicted molar refractivity (Wildman–Crippen MR) is 84.1 cm³/mol. The van der Waals surface area contributed by atoms with Crippen molar-refractivity contribution in [2.75, 3.05) is 0 Å². The molecule has 0 nitrogen and oxygen atoms in total. The van der Waals surface area contributed by atoms with Crippen LogP contribution < -0.4 is 0 Å². The summed E-state index contributed by atoms with van der Waals surface area (Å²) in [4.78, 5) is 0. The molecule has 2 aromatic carbocycles. The second-order valence-corrected chi connectivity index (χ2v) is 4.42. The smallest absolute Gasteiger partial charge is 0 e. The minimum Gasteiger partial charge on any atom is -0.0990 e. The maximum absolute atomic E-state index is 3.83. The first-order valence-electron chi connectivity index (χ1n) is 6.42. The van der Waals surface area contributed by atoms with Gasteiger partial charge >= 0.3 is 0 Å². The Kier molecular flexibility index (Phi) is 6.86. The summed E-state index contributed by atoms with van der Waals surface area (Å²) in [6.07, 6.45) is 6.58. The van der Waals surface area contributed by atoms with Gasteiger partial charge in [0, 0.05) is 18.6 Å². The van der Waals surface area contributed by atoms with Gasteiger partial charge in [0.25, 0.3) is 0 Å². The predicted octanol–water partition coefficient (Wildman–Crippen LogP) is 5.03. The zero-order valence-electron chi connectivity index (χ0n) is 11.5. The van der Waals surface area contributed by atoms with Crippen LogP contribution in [0.5, 0.6) is 0 Å². The second-order valence-electron chi connectivity index (χ2n) is 4.42. The maximum Gasteiger partial charge on any atom is 0 e. The van der Waals surface area contributed by atoms with Crippen molar-refractivity contribution in [1.29, 1.82) is 0 Å². The van der Waals surface area contributed by atoms with Gasteiger partial charge < -0.3 is 0 Å². The minimum atomic E-state index is 0. The summed E-state index contributed by atoms with van der Waals surface area (Å²) in [6.45, 7) is 7.55. The first-order chi connectivity index (χ1) is 9.33. The third-order valence-corrected chi connectivity index (χ3v) is 3.06. The van der Waals surface area contributed by atoms with E-state index in [0.29, 0.717) is 0 Å².